The van der Waals surface area contributed by atoms with E-state index < -0.39 is 17.2 Å². The molecule has 0 saturated carbocycles. The van der Waals surface area contributed by atoms with E-state index in [-0.39, 0.29) is 18.8 Å². The van der Waals surface area contributed by atoms with Crippen LogP contribution in [0.1, 0.15) is 15.9 Å². The first-order valence-electron chi connectivity index (χ1n) is 9.10. The molecule has 0 bridgehead atoms. The Morgan fingerprint density at radius 1 is 0.967 bits per heavy atom. The molecule has 0 aliphatic heterocycles. The normalized spacial score (nSPS) is 11.5. The van der Waals surface area contributed by atoms with Gasteiger partial charge in [-0.1, -0.05) is 29.8 Å². The zero-order chi connectivity index (χ0) is 21.5. The van der Waals surface area contributed by atoms with E-state index in [1.165, 1.54) is 16.4 Å². The number of nitrogens with zero attached hydrogens (tertiary/aromatic N) is 1. The quantitative estimate of drug-likeness (QED) is 0.409. The van der Waals surface area contributed by atoms with Crippen LogP contribution in [0, 0.1) is 6.92 Å². The number of hydrogen-bond donors (Lipinski definition) is 1. The van der Waals surface area contributed by atoms with E-state index in [1.807, 2.05) is 19.1 Å². The topological polar surface area (TPSA) is 99.1 Å². The Kier molecular flexibility index (Phi) is 7.05. The van der Waals surface area contributed by atoms with Crippen LogP contribution >= 0.6 is 0 Å². The molecule has 0 aliphatic rings. The van der Waals surface area contributed by atoms with Gasteiger partial charge in [0.25, 0.3) is 0 Å². The lowest BCUT2D eigenvalue weighted by molar-refractivity contribution is 0.0697. The predicted molar refractivity (Wildman–Crippen MR) is 113 cm³/mol. The molecule has 0 aliphatic carbocycles. The summed E-state index contributed by atoms with van der Waals surface area (Å²) in [7, 11) is 0. The van der Waals surface area contributed by atoms with Crippen molar-refractivity contribution < 1.29 is 28.1 Å². The molecule has 0 heterocycles. The maximum atomic E-state index is 11.9. The fourth-order valence-electron chi connectivity index (χ4n) is 2.74. The van der Waals surface area contributed by atoms with E-state index in [1.54, 1.807) is 48.5 Å². The van der Waals surface area contributed by atoms with Crippen molar-refractivity contribution in [3.05, 3.63) is 83.9 Å². The Hall–Kier alpha value is -3.36. The Morgan fingerprint density at radius 2 is 1.60 bits per heavy atom. The highest BCUT2D eigenvalue weighted by Gasteiger charge is 2.15. The van der Waals surface area contributed by atoms with Gasteiger partial charge in [-0.25, -0.2) is 4.79 Å². The maximum Gasteiger partial charge on any atom is 0.335 e. The summed E-state index contributed by atoms with van der Waals surface area (Å²) >= 11 is -2.54. The number of anilines is 2. The molecule has 1 N–H and O–H groups in total. The Labute approximate surface area is 176 Å². The van der Waals surface area contributed by atoms with E-state index in [2.05, 4.69) is 0 Å². The third kappa shape index (κ3) is 5.37. The zero-order valence-electron chi connectivity index (χ0n) is 16.2. The lowest BCUT2D eigenvalue weighted by Crippen LogP contribution is -2.21. The van der Waals surface area contributed by atoms with E-state index in [4.69, 9.17) is 14.6 Å². The van der Waals surface area contributed by atoms with Gasteiger partial charge in [0.05, 0.1) is 28.2 Å². The number of carboxylic acids is 1. The SMILES string of the molecule is Cc1ccc(N(c2ccccc2OCCOc2ccc(C(=O)O)cc2)S(=O)[O-])cc1. The van der Waals surface area contributed by atoms with Crippen LogP contribution in [-0.4, -0.2) is 33.1 Å². The Bertz CT molecular complexity index is 1020. The lowest BCUT2D eigenvalue weighted by atomic mass is 10.2. The molecule has 0 amide bonds. The van der Waals surface area contributed by atoms with Crippen molar-refractivity contribution in [2.75, 3.05) is 17.5 Å². The summed E-state index contributed by atoms with van der Waals surface area (Å²) in [6.07, 6.45) is 0. The molecule has 0 saturated heterocycles. The molecule has 3 aromatic carbocycles. The first kappa shape index (κ1) is 21.4. The van der Waals surface area contributed by atoms with Gasteiger partial charge in [0.2, 0.25) is 0 Å². The summed E-state index contributed by atoms with van der Waals surface area (Å²) < 4.78 is 36.3. The van der Waals surface area contributed by atoms with Crippen molar-refractivity contribution in [1.82, 2.24) is 0 Å². The van der Waals surface area contributed by atoms with Gasteiger partial charge in [-0.15, -0.1) is 0 Å². The van der Waals surface area contributed by atoms with Gasteiger partial charge in [-0.2, -0.15) is 0 Å². The van der Waals surface area contributed by atoms with Gasteiger partial charge in [0.1, 0.15) is 24.7 Å². The number of rotatable bonds is 9. The molecular formula is C22H20NO6S-. The van der Waals surface area contributed by atoms with Crippen LogP contribution < -0.4 is 13.8 Å². The highest BCUT2D eigenvalue weighted by molar-refractivity contribution is 7.81. The van der Waals surface area contributed by atoms with Crippen molar-refractivity contribution >= 4 is 28.6 Å². The molecule has 3 aromatic rings. The first-order chi connectivity index (χ1) is 14.5. The van der Waals surface area contributed by atoms with Gasteiger partial charge in [0.15, 0.2) is 0 Å². The molecule has 7 nitrogen and oxygen atoms in total. The average Bonchev–Trinajstić information content (AvgIpc) is 2.74. The number of aromatic carboxylic acids is 1. The van der Waals surface area contributed by atoms with Crippen LogP contribution in [0.25, 0.3) is 0 Å². The van der Waals surface area contributed by atoms with Crippen LogP contribution in [0.3, 0.4) is 0 Å². The number of carboxylic acid groups (broad SMARTS) is 1. The maximum absolute atomic E-state index is 11.9. The van der Waals surface area contributed by atoms with Gasteiger partial charge in [-0.05, 0) is 55.5 Å². The average molecular weight is 426 g/mol. The van der Waals surface area contributed by atoms with Crippen LogP contribution in [0.2, 0.25) is 0 Å². The van der Waals surface area contributed by atoms with Crippen LogP contribution in [0.5, 0.6) is 11.5 Å². The van der Waals surface area contributed by atoms with Crippen LogP contribution in [-0.2, 0) is 11.3 Å². The summed E-state index contributed by atoms with van der Waals surface area (Å²) in [5.74, 6) is -0.0960. The Balaban J connectivity index is 1.67. The van der Waals surface area contributed by atoms with Crippen molar-refractivity contribution in [2.45, 2.75) is 6.92 Å². The standard InChI is InChI=1S/C22H21NO6S/c1-16-6-10-18(11-7-16)23(30(26)27)20-4-2-3-5-21(20)29-15-14-28-19-12-8-17(9-13-19)22(24)25/h2-13H,14-15H2,1H3,(H,24,25)(H,26,27)/p-1. The molecule has 1 atom stereocenters. The summed E-state index contributed by atoms with van der Waals surface area (Å²) in [6.45, 7) is 2.30. The lowest BCUT2D eigenvalue weighted by Gasteiger charge is -2.28. The smallest absolute Gasteiger partial charge is 0.335 e. The number of hydrogen-bond acceptors (Lipinski definition) is 5. The van der Waals surface area contributed by atoms with Gasteiger partial charge >= 0.3 is 5.97 Å². The molecule has 0 spiro atoms. The number of ether oxygens (including phenoxy) is 2. The second-order valence-corrected chi connectivity index (χ2v) is 7.14. The van der Waals surface area contributed by atoms with Crippen LogP contribution in [0.4, 0.5) is 11.4 Å². The molecule has 156 valence electrons. The minimum atomic E-state index is -2.54. The predicted octanol–water partition coefficient (Wildman–Crippen LogP) is 4.08. The van der Waals surface area contributed by atoms with Gasteiger partial charge in [-0.3, -0.25) is 8.51 Å². The molecule has 30 heavy (non-hydrogen) atoms. The van der Waals surface area contributed by atoms with E-state index in [9.17, 15) is 13.6 Å². The van der Waals surface area contributed by atoms with Crippen molar-refractivity contribution in [3.8, 4) is 11.5 Å². The zero-order valence-corrected chi connectivity index (χ0v) is 17.0. The minimum Gasteiger partial charge on any atom is -0.755 e. The number of aryl methyl sites for hydroxylation is 1. The molecule has 0 aromatic heterocycles. The second-order valence-electron chi connectivity index (χ2n) is 6.34. The fourth-order valence-corrected chi connectivity index (χ4v) is 3.34. The van der Waals surface area contributed by atoms with E-state index in [0.717, 1.165) is 5.56 Å². The molecule has 0 fully saturated rings. The summed E-state index contributed by atoms with van der Waals surface area (Å²) in [5, 5.41) is 8.91. The fraction of sp³-hybridized carbons (Fsp3) is 0.136. The van der Waals surface area contributed by atoms with E-state index >= 15 is 0 Å². The third-order valence-corrected chi connectivity index (χ3v) is 4.92. The highest BCUT2D eigenvalue weighted by atomic mass is 32.2. The Morgan fingerprint density at radius 3 is 2.23 bits per heavy atom. The summed E-state index contributed by atoms with van der Waals surface area (Å²) in [5.41, 5.74) is 2.09. The number of carbonyl (C=O) groups is 1. The summed E-state index contributed by atoms with van der Waals surface area (Å²) in [6, 6.07) is 20.0. The molecular weight excluding hydrogens is 406 g/mol. The molecule has 8 heteroatoms. The summed E-state index contributed by atoms with van der Waals surface area (Å²) in [4.78, 5) is 10.9. The van der Waals surface area contributed by atoms with Gasteiger partial charge in [0, 0.05) is 0 Å². The first-order valence-corrected chi connectivity index (χ1v) is 10.1. The highest BCUT2D eigenvalue weighted by Crippen LogP contribution is 2.34. The largest absolute Gasteiger partial charge is 0.755 e. The number of para-hydroxylation sites is 2. The minimum absolute atomic E-state index is 0.172. The number of benzene rings is 3. The van der Waals surface area contributed by atoms with Crippen molar-refractivity contribution in [2.24, 2.45) is 0 Å². The monoisotopic (exact) mass is 426 g/mol. The van der Waals surface area contributed by atoms with Gasteiger partial charge < -0.3 is 19.1 Å². The molecule has 1 unspecified atom stereocenters. The van der Waals surface area contributed by atoms with E-state index in [0.29, 0.717) is 22.9 Å². The van der Waals surface area contributed by atoms with Crippen LogP contribution in [0.15, 0.2) is 72.8 Å². The third-order valence-electron chi connectivity index (χ3n) is 4.21. The molecule has 0 radical (unpaired) electrons. The second kappa shape index (κ2) is 9.91. The van der Waals surface area contributed by atoms with Crippen molar-refractivity contribution in [3.63, 3.8) is 0 Å². The molecule has 3 rings (SSSR count). The van der Waals surface area contributed by atoms with Crippen molar-refractivity contribution in [1.29, 1.82) is 0 Å².